The van der Waals surface area contributed by atoms with E-state index in [1.807, 2.05) is 13.8 Å². The first-order valence-corrected chi connectivity index (χ1v) is 4.68. The van der Waals surface area contributed by atoms with Gasteiger partial charge in [-0.1, -0.05) is 38.1 Å². The van der Waals surface area contributed by atoms with E-state index >= 15 is 0 Å². The number of carbonyl (C=O) groups is 2. The van der Waals surface area contributed by atoms with Gasteiger partial charge in [0, 0.05) is 11.1 Å². The number of benzene rings is 1. The van der Waals surface area contributed by atoms with Gasteiger partial charge >= 0.3 is 0 Å². The lowest BCUT2D eigenvalue weighted by Gasteiger charge is -2.08. The molecule has 4 heteroatoms. The third-order valence-corrected chi connectivity index (χ3v) is 2.05. The highest BCUT2D eigenvalue weighted by molar-refractivity contribution is 6.30. The number of ketones is 2. The van der Waals surface area contributed by atoms with Gasteiger partial charge in [-0.2, -0.15) is 0 Å². The molecule has 0 aromatic heterocycles. The molecule has 1 aliphatic carbocycles. The van der Waals surface area contributed by atoms with E-state index in [4.69, 9.17) is 10.2 Å². The molecule has 80 valence electrons. The van der Waals surface area contributed by atoms with E-state index in [0.29, 0.717) is 0 Å². The van der Waals surface area contributed by atoms with Crippen LogP contribution in [0.4, 0.5) is 0 Å². The highest BCUT2D eigenvalue weighted by atomic mass is 16.5. The van der Waals surface area contributed by atoms with Gasteiger partial charge in [0.15, 0.2) is 0 Å². The molecule has 0 saturated heterocycles. The van der Waals surface area contributed by atoms with Crippen LogP contribution in [0.5, 0.6) is 0 Å². The molecule has 4 nitrogen and oxygen atoms in total. The predicted molar refractivity (Wildman–Crippen MR) is 53.6 cm³/mol. The first-order valence-electron chi connectivity index (χ1n) is 4.68. The maximum Gasteiger partial charge on any atom is 0.295 e. The SMILES string of the molecule is CC.O=C1c2ccccc2C(=O)C1(O)O. The van der Waals surface area contributed by atoms with E-state index in [1.54, 1.807) is 12.1 Å². The van der Waals surface area contributed by atoms with Crippen molar-refractivity contribution in [1.29, 1.82) is 0 Å². The van der Waals surface area contributed by atoms with Crippen molar-refractivity contribution in [3.8, 4) is 0 Å². The molecule has 2 N–H and O–H groups in total. The molecule has 0 saturated carbocycles. The molecule has 1 aliphatic rings. The zero-order valence-corrected chi connectivity index (χ0v) is 8.52. The lowest BCUT2D eigenvalue weighted by molar-refractivity contribution is -0.0857. The summed E-state index contributed by atoms with van der Waals surface area (Å²) in [5.74, 6) is -4.76. The summed E-state index contributed by atoms with van der Waals surface area (Å²) in [6, 6.07) is 5.91. The Morgan fingerprint density at radius 3 is 1.60 bits per heavy atom. The number of rotatable bonds is 0. The van der Waals surface area contributed by atoms with Crippen LogP contribution in [-0.2, 0) is 0 Å². The molecular weight excluding hydrogens is 196 g/mol. The van der Waals surface area contributed by atoms with Crippen LogP contribution in [0, 0.1) is 0 Å². The molecule has 0 radical (unpaired) electrons. The number of Topliss-reactive ketones (excluding diaryl/α,β-unsaturated/α-hetero) is 2. The predicted octanol–water partition coefficient (Wildman–Crippen LogP) is 0.773. The van der Waals surface area contributed by atoms with E-state index in [0.717, 1.165) is 0 Å². The van der Waals surface area contributed by atoms with Crippen LogP contribution in [0.1, 0.15) is 34.6 Å². The largest absolute Gasteiger partial charge is 0.353 e. The second kappa shape index (κ2) is 3.92. The average Bonchev–Trinajstić information content (AvgIpc) is 2.45. The summed E-state index contributed by atoms with van der Waals surface area (Å²) >= 11 is 0. The van der Waals surface area contributed by atoms with Crippen molar-refractivity contribution < 1.29 is 19.8 Å². The number of fused-ring (bicyclic) bond motifs is 1. The fraction of sp³-hybridized carbons (Fsp3) is 0.273. The van der Waals surface area contributed by atoms with Gasteiger partial charge in [-0.25, -0.2) is 0 Å². The zero-order valence-electron chi connectivity index (χ0n) is 8.52. The fourth-order valence-corrected chi connectivity index (χ4v) is 1.36. The van der Waals surface area contributed by atoms with Gasteiger partial charge in [0.05, 0.1) is 0 Å². The molecule has 0 heterocycles. The van der Waals surface area contributed by atoms with Crippen LogP contribution in [0.2, 0.25) is 0 Å². The maximum absolute atomic E-state index is 11.2. The third-order valence-electron chi connectivity index (χ3n) is 2.05. The summed E-state index contributed by atoms with van der Waals surface area (Å²) in [7, 11) is 0. The van der Waals surface area contributed by atoms with Gasteiger partial charge in [-0.05, 0) is 0 Å². The summed E-state index contributed by atoms with van der Waals surface area (Å²) in [6.45, 7) is 4.00. The molecule has 1 aromatic carbocycles. The van der Waals surface area contributed by atoms with E-state index in [9.17, 15) is 9.59 Å². The first-order chi connectivity index (χ1) is 7.05. The van der Waals surface area contributed by atoms with Crippen molar-refractivity contribution in [2.75, 3.05) is 0 Å². The normalized spacial score (nSPS) is 16.8. The smallest absolute Gasteiger partial charge is 0.295 e. The van der Waals surface area contributed by atoms with Crippen molar-refractivity contribution in [2.45, 2.75) is 19.6 Å². The van der Waals surface area contributed by atoms with Crippen LogP contribution in [0.25, 0.3) is 0 Å². The van der Waals surface area contributed by atoms with E-state index in [-0.39, 0.29) is 11.1 Å². The Balaban J connectivity index is 0.000000531. The number of aliphatic hydroxyl groups is 2. The summed E-state index contributed by atoms with van der Waals surface area (Å²) in [5.41, 5.74) is 0.134. The molecular formula is C11H12O4. The minimum absolute atomic E-state index is 0.0671. The molecule has 0 spiro atoms. The van der Waals surface area contributed by atoms with Crippen molar-refractivity contribution in [2.24, 2.45) is 0 Å². The number of hydrogen-bond donors (Lipinski definition) is 2. The number of hydrogen-bond acceptors (Lipinski definition) is 4. The Kier molecular flexibility index (Phi) is 3.02. The second-order valence-electron chi connectivity index (χ2n) is 2.88. The van der Waals surface area contributed by atoms with Gasteiger partial charge in [0.25, 0.3) is 5.79 Å². The minimum atomic E-state index is -2.86. The van der Waals surface area contributed by atoms with Crippen LogP contribution >= 0.6 is 0 Å². The van der Waals surface area contributed by atoms with Gasteiger partial charge in [-0.15, -0.1) is 0 Å². The van der Waals surface area contributed by atoms with Crippen molar-refractivity contribution in [3.05, 3.63) is 35.4 Å². The highest BCUT2D eigenvalue weighted by Crippen LogP contribution is 2.27. The zero-order chi connectivity index (χ0) is 11.6. The Bertz CT molecular complexity index is 370. The summed E-state index contributed by atoms with van der Waals surface area (Å²) in [6.07, 6.45) is 0. The van der Waals surface area contributed by atoms with Gasteiger partial charge in [-0.3, -0.25) is 9.59 Å². The molecule has 0 amide bonds. The Hall–Kier alpha value is -1.52. The van der Waals surface area contributed by atoms with Crippen LogP contribution in [0.3, 0.4) is 0 Å². The molecule has 0 aliphatic heterocycles. The molecule has 2 rings (SSSR count). The van der Waals surface area contributed by atoms with Crippen molar-refractivity contribution >= 4 is 11.6 Å². The summed E-state index contributed by atoms with van der Waals surface area (Å²) in [5, 5.41) is 18.2. The quantitative estimate of drug-likeness (QED) is 0.488. The first kappa shape index (κ1) is 11.6. The van der Waals surface area contributed by atoms with E-state index < -0.39 is 17.4 Å². The monoisotopic (exact) mass is 208 g/mol. The standard InChI is InChI=1S/C9H6O4.C2H6/c10-7-5-3-1-2-4-6(5)8(11)9(7,12)13;1-2/h1-4,12-13H;1-2H3. The number of carbonyl (C=O) groups excluding carboxylic acids is 2. The van der Waals surface area contributed by atoms with Crippen molar-refractivity contribution in [1.82, 2.24) is 0 Å². The van der Waals surface area contributed by atoms with Crippen LogP contribution in [0.15, 0.2) is 24.3 Å². The highest BCUT2D eigenvalue weighted by Gasteiger charge is 2.50. The lowest BCUT2D eigenvalue weighted by Crippen LogP contribution is -2.40. The molecule has 0 bridgehead atoms. The van der Waals surface area contributed by atoms with Gasteiger partial charge < -0.3 is 10.2 Å². The topological polar surface area (TPSA) is 74.6 Å². The van der Waals surface area contributed by atoms with Crippen LogP contribution < -0.4 is 0 Å². The average molecular weight is 208 g/mol. The Morgan fingerprint density at radius 1 is 0.933 bits per heavy atom. The lowest BCUT2D eigenvalue weighted by atomic mass is 10.1. The molecule has 15 heavy (non-hydrogen) atoms. The summed E-state index contributed by atoms with van der Waals surface area (Å²) in [4.78, 5) is 22.4. The molecule has 0 fully saturated rings. The van der Waals surface area contributed by atoms with Crippen LogP contribution in [-0.4, -0.2) is 27.6 Å². The third kappa shape index (κ3) is 1.58. The van der Waals surface area contributed by atoms with E-state index in [2.05, 4.69) is 0 Å². The van der Waals surface area contributed by atoms with Crippen molar-refractivity contribution in [3.63, 3.8) is 0 Å². The molecule has 0 atom stereocenters. The van der Waals surface area contributed by atoms with E-state index in [1.165, 1.54) is 12.1 Å². The fourth-order valence-electron chi connectivity index (χ4n) is 1.36. The Labute approximate surface area is 87.2 Å². The second-order valence-corrected chi connectivity index (χ2v) is 2.88. The Morgan fingerprint density at radius 2 is 1.27 bits per heavy atom. The molecule has 1 aromatic rings. The molecule has 0 unspecified atom stereocenters. The summed E-state index contributed by atoms with van der Waals surface area (Å²) < 4.78 is 0. The minimum Gasteiger partial charge on any atom is -0.353 e. The van der Waals surface area contributed by atoms with Gasteiger partial charge in [0.1, 0.15) is 0 Å². The van der Waals surface area contributed by atoms with Gasteiger partial charge in [0.2, 0.25) is 11.6 Å². The maximum atomic E-state index is 11.2.